The van der Waals surface area contributed by atoms with Crippen LogP contribution in [-0.2, 0) is 6.42 Å². The fraction of sp³-hybridized carbons (Fsp3) is 0.154. The van der Waals surface area contributed by atoms with Gasteiger partial charge < -0.3 is 0 Å². The zero-order valence-electron chi connectivity index (χ0n) is 9.72. The zero-order valence-corrected chi connectivity index (χ0v) is 11.3. The first-order valence-corrected chi connectivity index (χ1v) is 6.14. The first-order chi connectivity index (χ1) is 8.63. The van der Waals surface area contributed by atoms with Crippen molar-refractivity contribution in [1.29, 1.82) is 5.26 Å². The number of halogens is 1. The van der Waals surface area contributed by atoms with E-state index in [2.05, 4.69) is 21.0 Å². The summed E-state index contributed by atoms with van der Waals surface area (Å²) in [5.41, 5.74) is 1.64. The molecule has 0 saturated heterocycles. The predicted molar refractivity (Wildman–Crippen MR) is 71.6 cm³/mol. The Balaban J connectivity index is 2.66. The number of nitriles is 1. The first-order valence-electron chi connectivity index (χ1n) is 5.35. The third-order valence-corrected chi connectivity index (χ3v) is 3.18. The maximum Gasteiger partial charge on any atom is 0.204 e. The standard InChI is InChI=1S/C13H10BrN3O/c1-9-8-13(18)11(6-7-15)16-17(9)12-5-3-2-4-10(12)14/h2-5,8H,6H2,1H3. The Labute approximate surface area is 113 Å². The Kier molecular flexibility index (Phi) is 3.58. The fourth-order valence-corrected chi connectivity index (χ4v) is 2.10. The molecule has 1 heterocycles. The van der Waals surface area contributed by atoms with Gasteiger partial charge in [0.25, 0.3) is 0 Å². The summed E-state index contributed by atoms with van der Waals surface area (Å²) < 4.78 is 2.55. The van der Waals surface area contributed by atoms with Gasteiger partial charge in [0.15, 0.2) is 0 Å². The maximum atomic E-state index is 11.7. The Morgan fingerprint density at radius 2 is 2.17 bits per heavy atom. The summed E-state index contributed by atoms with van der Waals surface area (Å²) in [5.74, 6) is 0. The van der Waals surface area contributed by atoms with Crippen LogP contribution in [0.15, 0.2) is 39.6 Å². The highest BCUT2D eigenvalue weighted by Gasteiger charge is 2.09. The molecule has 0 unspecified atom stereocenters. The van der Waals surface area contributed by atoms with Crippen LogP contribution in [0.5, 0.6) is 0 Å². The summed E-state index contributed by atoms with van der Waals surface area (Å²) in [6.07, 6.45) is 0.0174. The molecule has 0 atom stereocenters. The van der Waals surface area contributed by atoms with Gasteiger partial charge in [0, 0.05) is 16.2 Å². The van der Waals surface area contributed by atoms with E-state index in [9.17, 15) is 4.79 Å². The Hall–Kier alpha value is -1.93. The molecule has 1 aromatic carbocycles. The SMILES string of the molecule is Cc1cc(=O)c(CC#N)nn1-c1ccccc1Br. The molecule has 0 spiro atoms. The lowest BCUT2D eigenvalue weighted by molar-refractivity contribution is 0.764. The van der Waals surface area contributed by atoms with Crippen LogP contribution in [0.2, 0.25) is 0 Å². The minimum absolute atomic E-state index is 0.0174. The summed E-state index contributed by atoms with van der Waals surface area (Å²) in [6, 6.07) is 11.0. The fourth-order valence-electron chi connectivity index (χ4n) is 1.65. The molecule has 0 aliphatic carbocycles. The molecule has 0 radical (unpaired) electrons. The van der Waals surface area contributed by atoms with E-state index < -0.39 is 0 Å². The van der Waals surface area contributed by atoms with Crippen LogP contribution in [0.25, 0.3) is 5.69 Å². The van der Waals surface area contributed by atoms with E-state index in [1.165, 1.54) is 6.07 Å². The number of aromatic nitrogens is 2. The molecule has 90 valence electrons. The minimum atomic E-state index is -0.197. The van der Waals surface area contributed by atoms with Gasteiger partial charge in [0.2, 0.25) is 5.43 Å². The van der Waals surface area contributed by atoms with E-state index in [4.69, 9.17) is 5.26 Å². The summed E-state index contributed by atoms with van der Waals surface area (Å²) in [7, 11) is 0. The van der Waals surface area contributed by atoms with Gasteiger partial charge in [-0.15, -0.1) is 0 Å². The second-order valence-corrected chi connectivity index (χ2v) is 4.65. The highest BCUT2D eigenvalue weighted by Crippen LogP contribution is 2.20. The molecule has 18 heavy (non-hydrogen) atoms. The van der Waals surface area contributed by atoms with E-state index in [1.807, 2.05) is 37.3 Å². The molecule has 0 fully saturated rings. The van der Waals surface area contributed by atoms with Crippen molar-refractivity contribution in [3.05, 3.63) is 56.4 Å². The monoisotopic (exact) mass is 303 g/mol. The van der Waals surface area contributed by atoms with Crippen molar-refractivity contribution in [3.63, 3.8) is 0 Å². The van der Waals surface area contributed by atoms with Crippen LogP contribution in [0.4, 0.5) is 0 Å². The number of nitrogens with zero attached hydrogens (tertiary/aromatic N) is 3. The Morgan fingerprint density at radius 3 is 2.83 bits per heavy atom. The molecular formula is C13H10BrN3O. The summed E-state index contributed by atoms with van der Waals surface area (Å²) >= 11 is 3.45. The maximum absolute atomic E-state index is 11.7. The number of aryl methyl sites for hydroxylation is 1. The molecule has 2 rings (SSSR count). The zero-order chi connectivity index (χ0) is 13.1. The normalized spacial score (nSPS) is 10.1. The van der Waals surface area contributed by atoms with Crippen molar-refractivity contribution in [3.8, 4) is 11.8 Å². The van der Waals surface area contributed by atoms with Crippen molar-refractivity contribution in [1.82, 2.24) is 9.78 Å². The molecule has 0 aliphatic heterocycles. The molecule has 4 nitrogen and oxygen atoms in total. The van der Waals surface area contributed by atoms with Crippen LogP contribution < -0.4 is 5.43 Å². The number of para-hydroxylation sites is 1. The predicted octanol–water partition coefficient (Wildman–Crippen LogP) is 2.37. The molecule has 0 amide bonds. The van der Waals surface area contributed by atoms with E-state index in [-0.39, 0.29) is 17.5 Å². The van der Waals surface area contributed by atoms with Crippen molar-refractivity contribution in [2.24, 2.45) is 0 Å². The number of hydrogen-bond donors (Lipinski definition) is 0. The van der Waals surface area contributed by atoms with Gasteiger partial charge in [-0.25, -0.2) is 4.68 Å². The third-order valence-electron chi connectivity index (χ3n) is 2.51. The Bertz CT molecular complexity index is 685. The number of benzene rings is 1. The smallest absolute Gasteiger partial charge is 0.204 e. The van der Waals surface area contributed by atoms with Gasteiger partial charge in [0.05, 0.1) is 18.2 Å². The summed E-state index contributed by atoms with van der Waals surface area (Å²) in [5, 5.41) is 12.9. The number of rotatable bonds is 2. The molecule has 1 aromatic heterocycles. The largest absolute Gasteiger partial charge is 0.288 e. The van der Waals surface area contributed by atoms with Crippen LogP contribution >= 0.6 is 15.9 Å². The average molecular weight is 304 g/mol. The van der Waals surface area contributed by atoms with Crippen LogP contribution in [0.3, 0.4) is 0 Å². The molecule has 2 aromatic rings. The molecule has 0 aliphatic rings. The molecular weight excluding hydrogens is 294 g/mol. The van der Waals surface area contributed by atoms with Gasteiger partial charge in [-0.2, -0.15) is 10.4 Å². The van der Waals surface area contributed by atoms with Crippen LogP contribution in [0, 0.1) is 18.3 Å². The average Bonchev–Trinajstić information content (AvgIpc) is 2.34. The van der Waals surface area contributed by atoms with E-state index >= 15 is 0 Å². The topological polar surface area (TPSA) is 58.7 Å². The van der Waals surface area contributed by atoms with Crippen molar-refractivity contribution in [2.75, 3.05) is 0 Å². The van der Waals surface area contributed by atoms with Crippen molar-refractivity contribution >= 4 is 15.9 Å². The van der Waals surface area contributed by atoms with Gasteiger partial charge in [-0.05, 0) is 35.0 Å². The number of hydrogen-bond acceptors (Lipinski definition) is 3. The van der Waals surface area contributed by atoms with Crippen LogP contribution in [0.1, 0.15) is 11.4 Å². The van der Waals surface area contributed by atoms with E-state index in [0.717, 1.165) is 15.9 Å². The summed E-state index contributed by atoms with van der Waals surface area (Å²) in [6.45, 7) is 1.81. The quantitative estimate of drug-likeness (QED) is 0.856. The molecule has 0 N–H and O–H groups in total. The molecule has 5 heteroatoms. The van der Waals surface area contributed by atoms with Gasteiger partial charge in [-0.1, -0.05) is 12.1 Å². The Morgan fingerprint density at radius 1 is 1.44 bits per heavy atom. The summed E-state index contributed by atoms with van der Waals surface area (Å²) in [4.78, 5) is 11.7. The highest BCUT2D eigenvalue weighted by molar-refractivity contribution is 9.10. The first kappa shape index (κ1) is 12.5. The molecule has 0 saturated carbocycles. The van der Waals surface area contributed by atoms with E-state index in [1.54, 1.807) is 4.68 Å². The minimum Gasteiger partial charge on any atom is -0.288 e. The van der Waals surface area contributed by atoms with Crippen molar-refractivity contribution in [2.45, 2.75) is 13.3 Å². The lowest BCUT2D eigenvalue weighted by Crippen LogP contribution is -2.18. The second-order valence-electron chi connectivity index (χ2n) is 3.79. The third kappa shape index (κ3) is 2.34. The highest BCUT2D eigenvalue weighted by atomic mass is 79.9. The van der Waals surface area contributed by atoms with Crippen LogP contribution in [-0.4, -0.2) is 9.78 Å². The van der Waals surface area contributed by atoms with Crippen molar-refractivity contribution < 1.29 is 0 Å². The molecule has 0 bridgehead atoms. The van der Waals surface area contributed by atoms with Gasteiger partial charge in [0.1, 0.15) is 5.69 Å². The second kappa shape index (κ2) is 5.15. The van der Waals surface area contributed by atoms with Gasteiger partial charge >= 0.3 is 0 Å². The van der Waals surface area contributed by atoms with Gasteiger partial charge in [-0.3, -0.25) is 4.79 Å². The lowest BCUT2D eigenvalue weighted by Gasteiger charge is -2.11. The van der Waals surface area contributed by atoms with E-state index in [0.29, 0.717) is 0 Å². The lowest BCUT2D eigenvalue weighted by atomic mass is 10.2.